The summed E-state index contributed by atoms with van der Waals surface area (Å²) in [5.41, 5.74) is 4.82. The first kappa shape index (κ1) is 8.44. The number of hydrogen-bond donors (Lipinski definition) is 2. The summed E-state index contributed by atoms with van der Waals surface area (Å²) < 4.78 is 1.92. The number of nitrogens with two attached hydrogens (primary N) is 1. The first-order chi connectivity index (χ1) is 6.77. The van der Waals surface area contributed by atoms with Crippen LogP contribution in [0.15, 0.2) is 12.3 Å². The molecule has 2 aliphatic rings. The number of aromatic nitrogens is 2. The molecular weight excluding hydrogens is 176 g/mol. The molecule has 4 nitrogen and oxygen atoms in total. The molecule has 4 heteroatoms. The van der Waals surface area contributed by atoms with E-state index in [1.54, 1.807) is 0 Å². The van der Waals surface area contributed by atoms with Crippen molar-refractivity contribution in [2.24, 2.45) is 24.2 Å². The highest BCUT2D eigenvalue weighted by Crippen LogP contribution is 2.73. The molecule has 0 amide bonds. The molecule has 0 aromatic carbocycles. The van der Waals surface area contributed by atoms with Crippen LogP contribution in [0.25, 0.3) is 0 Å². The highest BCUT2D eigenvalue weighted by molar-refractivity contribution is 5.21. The van der Waals surface area contributed by atoms with Crippen LogP contribution in [-0.2, 0) is 7.05 Å². The van der Waals surface area contributed by atoms with Gasteiger partial charge < -0.3 is 0 Å². The highest BCUT2D eigenvalue weighted by Gasteiger charge is 2.65. The van der Waals surface area contributed by atoms with E-state index in [0.29, 0.717) is 11.5 Å². The number of rotatable bonds is 3. The molecule has 2 saturated carbocycles. The second-order valence-electron chi connectivity index (χ2n) is 4.70. The van der Waals surface area contributed by atoms with E-state index in [0.717, 1.165) is 5.92 Å². The average Bonchev–Trinajstić information content (AvgIpc) is 3.05. The highest BCUT2D eigenvalue weighted by atomic mass is 15.3. The summed E-state index contributed by atoms with van der Waals surface area (Å²) >= 11 is 0. The molecule has 0 bridgehead atoms. The van der Waals surface area contributed by atoms with Crippen molar-refractivity contribution in [3.63, 3.8) is 0 Å². The Labute approximate surface area is 83.4 Å². The molecule has 0 aliphatic heterocycles. The minimum atomic E-state index is 0.296. The van der Waals surface area contributed by atoms with Crippen molar-refractivity contribution in [3.8, 4) is 0 Å². The lowest BCUT2D eigenvalue weighted by molar-refractivity contribution is 0.435. The lowest BCUT2D eigenvalue weighted by Gasteiger charge is -2.15. The van der Waals surface area contributed by atoms with Crippen LogP contribution in [0.2, 0.25) is 0 Å². The molecule has 2 fully saturated rings. The second kappa shape index (κ2) is 2.58. The van der Waals surface area contributed by atoms with E-state index in [9.17, 15) is 0 Å². The maximum absolute atomic E-state index is 5.63. The fraction of sp³-hybridized carbons (Fsp3) is 0.700. The summed E-state index contributed by atoms with van der Waals surface area (Å²) in [5.74, 6) is 6.37. The zero-order valence-corrected chi connectivity index (χ0v) is 8.40. The Hall–Kier alpha value is -0.870. The monoisotopic (exact) mass is 192 g/mol. The number of aryl methyl sites for hydroxylation is 1. The van der Waals surface area contributed by atoms with E-state index in [1.807, 2.05) is 17.9 Å². The van der Waals surface area contributed by atoms with Crippen LogP contribution in [0, 0.1) is 11.3 Å². The van der Waals surface area contributed by atoms with Crippen LogP contribution >= 0.6 is 0 Å². The van der Waals surface area contributed by atoms with Crippen LogP contribution in [0.1, 0.15) is 31.0 Å². The van der Waals surface area contributed by atoms with E-state index >= 15 is 0 Å². The van der Waals surface area contributed by atoms with Crippen LogP contribution < -0.4 is 11.3 Å². The third-order valence-corrected chi connectivity index (χ3v) is 3.90. The van der Waals surface area contributed by atoms with E-state index in [1.165, 1.54) is 25.0 Å². The maximum atomic E-state index is 5.63. The lowest BCUT2D eigenvalue weighted by Crippen LogP contribution is -2.31. The van der Waals surface area contributed by atoms with E-state index < -0.39 is 0 Å². The molecule has 1 spiro atoms. The van der Waals surface area contributed by atoms with Gasteiger partial charge in [-0.3, -0.25) is 16.0 Å². The van der Waals surface area contributed by atoms with Crippen molar-refractivity contribution >= 4 is 0 Å². The van der Waals surface area contributed by atoms with Crippen molar-refractivity contribution < 1.29 is 0 Å². The van der Waals surface area contributed by atoms with Crippen LogP contribution in [0.4, 0.5) is 0 Å². The van der Waals surface area contributed by atoms with Gasteiger partial charge in [0, 0.05) is 13.2 Å². The first-order valence-corrected chi connectivity index (χ1v) is 5.21. The average molecular weight is 192 g/mol. The van der Waals surface area contributed by atoms with Gasteiger partial charge in [0.2, 0.25) is 0 Å². The predicted molar refractivity (Wildman–Crippen MR) is 53.0 cm³/mol. The van der Waals surface area contributed by atoms with Gasteiger partial charge in [-0.2, -0.15) is 5.10 Å². The van der Waals surface area contributed by atoms with Gasteiger partial charge >= 0.3 is 0 Å². The SMILES string of the molecule is Cn1nccc1C(NN)C1CC12CC2. The standard InChI is InChI=1S/C10H16N4/c1-14-8(2-5-12-14)9(13-11)7-6-10(7)3-4-10/h2,5,7,9,13H,3-4,6,11H2,1H3. The fourth-order valence-electron chi connectivity index (χ4n) is 2.68. The molecule has 14 heavy (non-hydrogen) atoms. The fourth-order valence-corrected chi connectivity index (χ4v) is 2.68. The van der Waals surface area contributed by atoms with Crippen LogP contribution in [-0.4, -0.2) is 9.78 Å². The summed E-state index contributed by atoms with van der Waals surface area (Å²) in [4.78, 5) is 0. The largest absolute Gasteiger partial charge is 0.271 e. The summed E-state index contributed by atoms with van der Waals surface area (Å²) in [6.07, 6.45) is 5.97. The van der Waals surface area contributed by atoms with E-state index in [2.05, 4.69) is 16.6 Å². The molecule has 76 valence electrons. The van der Waals surface area contributed by atoms with Gasteiger partial charge in [-0.1, -0.05) is 0 Å². The number of nitrogens with zero attached hydrogens (tertiary/aromatic N) is 2. The van der Waals surface area contributed by atoms with Gasteiger partial charge in [0.25, 0.3) is 0 Å². The topological polar surface area (TPSA) is 55.9 Å². The molecule has 0 radical (unpaired) electrons. The maximum Gasteiger partial charge on any atom is 0.0662 e. The van der Waals surface area contributed by atoms with Gasteiger partial charge in [0.1, 0.15) is 0 Å². The normalized spacial score (nSPS) is 29.1. The third-order valence-electron chi connectivity index (χ3n) is 3.90. The van der Waals surface area contributed by atoms with Crippen LogP contribution in [0.5, 0.6) is 0 Å². The zero-order chi connectivity index (χ0) is 9.76. The quantitative estimate of drug-likeness (QED) is 0.548. The lowest BCUT2D eigenvalue weighted by atomic mass is 10.1. The molecule has 1 heterocycles. The molecular formula is C10H16N4. The van der Waals surface area contributed by atoms with Gasteiger partial charge in [0.05, 0.1) is 11.7 Å². The predicted octanol–water partition coefficient (Wildman–Crippen LogP) is 0.725. The van der Waals surface area contributed by atoms with Crippen molar-refractivity contribution in [2.75, 3.05) is 0 Å². The van der Waals surface area contributed by atoms with E-state index in [4.69, 9.17) is 5.84 Å². The molecule has 3 N–H and O–H groups in total. The summed E-state index contributed by atoms with van der Waals surface area (Å²) in [6.45, 7) is 0. The number of hydrogen-bond acceptors (Lipinski definition) is 3. The number of nitrogens with one attached hydrogen (secondary N) is 1. The summed E-state index contributed by atoms with van der Waals surface area (Å²) in [5, 5.41) is 4.18. The molecule has 2 atom stereocenters. The number of hydrazine groups is 1. The summed E-state index contributed by atoms with van der Waals surface area (Å²) in [7, 11) is 1.97. The Morgan fingerprint density at radius 2 is 2.50 bits per heavy atom. The molecule has 0 saturated heterocycles. The molecule has 3 rings (SSSR count). The van der Waals surface area contributed by atoms with Crippen molar-refractivity contribution in [3.05, 3.63) is 18.0 Å². The van der Waals surface area contributed by atoms with Gasteiger partial charge in [0.15, 0.2) is 0 Å². The Bertz CT molecular complexity index is 353. The summed E-state index contributed by atoms with van der Waals surface area (Å²) in [6, 6.07) is 2.35. The third kappa shape index (κ3) is 1.04. The van der Waals surface area contributed by atoms with E-state index in [-0.39, 0.29) is 0 Å². The first-order valence-electron chi connectivity index (χ1n) is 5.21. The van der Waals surface area contributed by atoms with Crippen molar-refractivity contribution in [1.82, 2.24) is 15.2 Å². The minimum Gasteiger partial charge on any atom is -0.271 e. The smallest absolute Gasteiger partial charge is 0.0662 e. The zero-order valence-electron chi connectivity index (χ0n) is 8.40. The van der Waals surface area contributed by atoms with Gasteiger partial charge in [-0.05, 0) is 36.7 Å². The Morgan fingerprint density at radius 3 is 2.93 bits per heavy atom. The van der Waals surface area contributed by atoms with Crippen LogP contribution in [0.3, 0.4) is 0 Å². The molecule has 2 unspecified atom stereocenters. The Balaban J connectivity index is 1.84. The molecule has 1 aromatic heterocycles. The molecule has 1 aromatic rings. The Kier molecular flexibility index (Phi) is 1.56. The van der Waals surface area contributed by atoms with Crippen molar-refractivity contribution in [2.45, 2.75) is 25.3 Å². The van der Waals surface area contributed by atoms with Gasteiger partial charge in [-0.15, -0.1) is 0 Å². The minimum absolute atomic E-state index is 0.296. The second-order valence-corrected chi connectivity index (χ2v) is 4.70. The van der Waals surface area contributed by atoms with Gasteiger partial charge in [-0.25, -0.2) is 0 Å². The molecule has 2 aliphatic carbocycles. The Morgan fingerprint density at radius 1 is 1.71 bits per heavy atom. The van der Waals surface area contributed by atoms with Crippen molar-refractivity contribution in [1.29, 1.82) is 0 Å².